The number of aromatic nitrogens is 2. The fraction of sp³-hybridized carbons (Fsp3) is 0.150. The van der Waals surface area contributed by atoms with Crippen molar-refractivity contribution >= 4 is 17.8 Å². The summed E-state index contributed by atoms with van der Waals surface area (Å²) >= 11 is 0. The molecule has 0 aliphatic carbocycles. The van der Waals surface area contributed by atoms with Crippen molar-refractivity contribution < 1.29 is 9.53 Å². The minimum Gasteiger partial charge on any atom is -0.497 e. The summed E-state index contributed by atoms with van der Waals surface area (Å²) in [4.78, 5) is 11.8. The first-order valence-electron chi connectivity index (χ1n) is 8.49. The Balaban J connectivity index is 1.43. The van der Waals surface area contributed by atoms with Gasteiger partial charge in [0.25, 0.3) is 5.91 Å². The van der Waals surface area contributed by atoms with Crippen LogP contribution in [0.2, 0.25) is 0 Å². The Morgan fingerprint density at radius 1 is 1.19 bits per heavy atom. The van der Waals surface area contributed by atoms with Crippen molar-refractivity contribution in [2.75, 3.05) is 19.0 Å². The maximum absolute atomic E-state index is 11.8. The van der Waals surface area contributed by atoms with Gasteiger partial charge < -0.3 is 10.1 Å². The summed E-state index contributed by atoms with van der Waals surface area (Å²) in [6.45, 7) is 0.809. The standard InChI is InChI=1S/C20H21N5O2/c1-27-19-9-7-18(8-10-19)21-13-20(26)24-22-11-17-12-23-25(15-17)14-16-5-3-2-4-6-16/h2-12,15,21H,13-14H2,1H3,(H,24,26)/b22-11-. The molecular weight excluding hydrogens is 342 g/mol. The van der Waals surface area contributed by atoms with Gasteiger partial charge in [-0.25, -0.2) is 5.43 Å². The Labute approximate surface area is 157 Å². The molecular formula is C20H21N5O2. The SMILES string of the molecule is COc1ccc(NCC(=O)N/N=C\c2cnn(Cc3ccccc3)c2)cc1. The van der Waals surface area contributed by atoms with Crippen LogP contribution in [0.5, 0.6) is 5.75 Å². The van der Waals surface area contributed by atoms with Gasteiger partial charge in [-0.1, -0.05) is 30.3 Å². The Hall–Kier alpha value is -3.61. The maximum atomic E-state index is 11.8. The Morgan fingerprint density at radius 2 is 1.96 bits per heavy atom. The van der Waals surface area contributed by atoms with Crippen LogP contribution in [0.1, 0.15) is 11.1 Å². The van der Waals surface area contributed by atoms with E-state index in [1.165, 1.54) is 5.56 Å². The Bertz CT molecular complexity index is 888. The van der Waals surface area contributed by atoms with Crippen LogP contribution in [0.3, 0.4) is 0 Å². The molecule has 0 bridgehead atoms. The second-order valence-corrected chi connectivity index (χ2v) is 5.83. The number of rotatable bonds is 8. The maximum Gasteiger partial charge on any atom is 0.259 e. The van der Waals surface area contributed by atoms with E-state index >= 15 is 0 Å². The average Bonchev–Trinajstić information content (AvgIpc) is 3.14. The van der Waals surface area contributed by atoms with Crippen molar-refractivity contribution in [2.45, 2.75) is 6.54 Å². The van der Waals surface area contributed by atoms with Gasteiger partial charge in [0.15, 0.2) is 0 Å². The Kier molecular flexibility index (Phi) is 6.19. The van der Waals surface area contributed by atoms with Crippen LogP contribution in [0, 0.1) is 0 Å². The first-order chi connectivity index (χ1) is 13.2. The van der Waals surface area contributed by atoms with Gasteiger partial charge in [-0.05, 0) is 29.8 Å². The van der Waals surface area contributed by atoms with Crippen LogP contribution in [0.25, 0.3) is 0 Å². The molecule has 0 saturated heterocycles. The number of anilines is 1. The van der Waals surface area contributed by atoms with Crippen molar-refractivity contribution in [3.8, 4) is 5.75 Å². The molecule has 1 heterocycles. The molecule has 7 heteroatoms. The van der Waals surface area contributed by atoms with Gasteiger partial charge in [0, 0.05) is 17.4 Å². The highest BCUT2D eigenvalue weighted by atomic mass is 16.5. The van der Waals surface area contributed by atoms with Crippen molar-refractivity contribution in [3.63, 3.8) is 0 Å². The fourth-order valence-electron chi connectivity index (χ4n) is 2.41. The van der Waals surface area contributed by atoms with Gasteiger partial charge in [-0.15, -0.1) is 0 Å². The van der Waals surface area contributed by atoms with E-state index in [-0.39, 0.29) is 12.5 Å². The first-order valence-corrected chi connectivity index (χ1v) is 8.49. The highest BCUT2D eigenvalue weighted by Crippen LogP contribution is 2.14. The third-order valence-corrected chi connectivity index (χ3v) is 3.79. The number of benzene rings is 2. The topological polar surface area (TPSA) is 80.5 Å². The minimum absolute atomic E-state index is 0.122. The first kappa shape index (κ1) is 18.2. The number of hydrogen-bond donors (Lipinski definition) is 2. The molecule has 3 aromatic rings. The summed E-state index contributed by atoms with van der Waals surface area (Å²) in [5, 5.41) is 11.3. The summed E-state index contributed by atoms with van der Waals surface area (Å²) in [6.07, 6.45) is 5.15. The predicted octanol–water partition coefficient (Wildman–Crippen LogP) is 2.50. The van der Waals surface area contributed by atoms with Crippen LogP contribution in [0.4, 0.5) is 5.69 Å². The van der Waals surface area contributed by atoms with E-state index in [9.17, 15) is 4.79 Å². The number of amides is 1. The molecule has 2 N–H and O–H groups in total. The average molecular weight is 363 g/mol. The minimum atomic E-state index is -0.237. The number of methoxy groups -OCH3 is 1. The van der Waals surface area contributed by atoms with Gasteiger partial charge >= 0.3 is 0 Å². The molecule has 138 valence electrons. The molecule has 7 nitrogen and oxygen atoms in total. The molecule has 0 aliphatic rings. The summed E-state index contributed by atoms with van der Waals surface area (Å²) < 4.78 is 6.91. The number of carbonyl (C=O) groups is 1. The zero-order valence-corrected chi connectivity index (χ0v) is 15.0. The van der Waals surface area contributed by atoms with E-state index in [0.29, 0.717) is 6.54 Å². The largest absolute Gasteiger partial charge is 0.497 e. The van der Waals surface area contributed by atoms with Crippen molar-refractivity contribution in [3.05, 3.63) is 78.1 Å². The molecule has 0 fully saturated rings. The summed E-state index contributed by atoms with van der Waals surface area (Å²) in [5.41, 5.74) is 5.30. The van der Waals surface area contributed by atoms with Gasteiger partial charge in [-0.2, -0.15) is 10.2 Å². The highest BCUT2D eigenvalue weighted by molar-refractivity contribution is 5.83. The predicted molar refractivity (Wildman–Crippen MR) is 105 cm³/mol. The quantitative estimate of drug-likeness (QED) is 0.476. The van der Waals surface area contributed by atoms with E-state index < -0.39 is 0 Å². The van der Waals surface area contributed by atoms with Crippen LogP contribution >= 0.6 is 0 Å². The number of nitrogens with one attached hydrogen (secondary N) is 2. The number of ether oxygens (including phenoxy) is 1. The molecule has 0 atom stereocenters. The van der Waals surface area contributed by atoms with Gasteiger partial charge in [0.2, 0.25) is 0 Å². The van der Waals surface area contributed by atoms with Crippen molar-refractivity contribution in [2.24, 2.45) is 5.10 Å². The van der Waals surface area contributed by atoms with E-state index in [0.717, 1.165) is 17.0 Å². The van der Waals surface area contributed by atoms with Gasteiger partial charge in [0.1, 0.15) is 5.75 Å². The smallest absolute Gasteiger partial charge is 0.259 e. The summed E-state index contributed by atoms with van der Waals surface area (Å²) in [5.74, 6) is 0.529. The van der Waals surface area contributed by atoms with E-state index in [2.05, 4.69) is 20.9 Å². The molecule has 1 aromatic heterocycles. The summed E-state index contributed by atoms with van der Waals surface area (Å²) in [7, 11) is 1.61. The number of nitrogens with zero attached hydrogens (tertiary/aromatic N) is 3. The van der Waals surface area contributed by atoms with Crippen molar-refractivity contribution in [1.29, 1.82) is 0 Å². The molecule has 0 saturated carbocycles. The lowest BCUT2D eigenvalue weighted by atomic mass is 10.2. The normalized spacial score (nSPS) is 10.7. The van der Waals surface area contributed by atoms with Crippen molar-refractivity contribution in [1.82, 2.24) is 15.2 Å². The number of carbonyl (C=O) groups excluding carboxylic acids is 1. The lowest BCUT2D eigenvalue weighted by Crippen LogP contribution is -2.25. The van der Waals surface area contributed by atoms with Crippen LogP contribution in [0.15, 0.2) is 72.1 Å². The molecule has 1 amide bonds. The third kappa shape index (κ3) is 5.71. The Morgan fingerprint density at radius 3 is 2.70 bits per heavy atom. The van der Waals surface area contributed by atoms with Gasteiger partial charge in [-0.3, -0.25) is 9.48 Å². The lowest BCUT2D eigenvalue weighted by molar-refractivity contribution is -0.119. The molecule has 2 aromatic carbocycles. The van der Waals surface area contributed by atoms with E-state index in [1.54, 1.807) is 19.5 Å². The second-order valence-electron chi connectivity index (χ2n) is 5.83. The summed E-state index contributed by atoms with van der Waals surface area (Å²) in [6, 6.07) is 17.4. The van der Waals surface area contributed by atoms with Gasteiger partial charge in [0.05, 0.1) is 32.6 Å². The van der Waals surface area contributed by atoms with Crippen LogP contribution in [-0.2, 0) is 11.3 Å². The second kappa shape index (κ2) is 9.19. The number of hydrogen-bond acceptors (Lipinski definition) is 5. The fourth-order valence-corrected chi connectivity index (χ4v) is 2.41. The molecule has 0 unspecified atom stereocenters. The monoisotopic (exact) mass is 363 g/mol. The highest BCUT2D eigenvalue weighted by Gasteiger charge is 2.01. The van der Waals surface area contributed by atoms with E-state index in [1.807, 2.05) is 65.5 Å². The number of hydrazone groups is 1. The zero-order valence-electron chi connectivity index (χ0n) is 15.0. The molecule has 27 heavy (non-hydrogen) atoms. The third-order valence-electron chi connectivity index (χ3n) is 3.79. The van der Waals surface area contributed by atoms with Crippen LogP contribution in [-0.4, -0.2) is 35.6 Å². The molecule has 0 spiro atoms. The molecule has 3 rings (SSSR count). The van der Waals surface area contributed by atoms with E-state index in [4.69, 9.17) is 4.74 Å². The molecule has 0 radical (unpaired) electrons. The lowest BCUT2D eigenvalue weighted by Gasteiger charge is -2.06. The van der Waals surface area contributed by atoms with Crippen LogP contribution < -0.4 is 15.5 Å². The zero-order chi connectivity index (χ0) is 18.9. The molecule has 0 aliphatic heterocycles.